The van der Waals surface area contributed by atoms with Crippen LogP contribution in [-0.4, -0.2) is 69.9 Å². The van der Waals surface area contributed by atoms with Crippen molar-refractivity contribution in [1.82, 2.24) is 16.0 Å². The van der Waals surface area contributed by atoms with Crippen molar-refractivity contribution in [3.8, 4) is 0 Å². The number of amides is 4. The molecule has 0 rings (SSSR count). The van der Waals surface area contributed by atoms with Crippen LogP contribution >= 0.6 is 0 Å². The summed E-state index contributed by atoms with van der Waals surface area (Å²) in [5.74, 6) is -5.80. The third-order valence-electron chi connectivity index (χ3n) is 5.47. The Hall–Kier alpha value is -3.22. The maximum Gasteiger partial charge on any atom is 0.326 e. The highest BCUT2D eigenvalue weighted by atomic mass is 16.4. The molecule has 200 valence electrons. The molecule has 5 atom stereocenters. The number of hydrogen-bond donors (Lipinski definition) is 7. The Labute approximate surface area is 204 Å². The van der Waals surface area contributed by atoms with Gasteiger partial charge in [-0.25, -0.2) is 4.79 Å². The topological polar surface area (TPSA) is 231 Å². The molecule has 13 heteroatoms. The van der Waals surface area contributed by atoms with E-state index in [2.05, 4.69) is 16.0 Å². The molecule has 0 fully saturated rings. The summed E-state index contributed by atoms with van der Waals surface area (Å²) in [5, 5.41) is 25.5. The Bertz CT molecular complexity index is 773. The van der Waals surface area contributed by atoms with Gasteiger partial charge in [0.2, 0.25) is 23.6 Å². The van der Waals surface area contributed by atoms with E-state index in [1.165, 1.54) is 0 Å². The first kappa shape index (κ1) is 31.8. The number of carbonyl (C=O) groups is 6. The Morgan fingerprint density at radius 2 is 1.26 bits per heavy atom. The van der Waals surface area contributed by atoms with E-state index in [0.29, 0.717) is 6.42 Å². The number of carbonyl (C=O) groups excluding carboxylic acids is 4. The minimum Gasteiger partial charge on any atom is -0.481 e. The Morgan fingerprint density at radius 3 is 1.71 bits per heavy atom. The van der Waals surface area contributed by atoms with Crippen LogP contribution in [0.4, 0.5) is 0 Å². The van der Waals surface area contributed by atoms with Gasteiger partial charge in [0.25, 0.3) is 0 Å². The molecule has 0 saturated heterocycles. The molecule has 0 spiro atoms. The van der Waals surface area contributed by atoms with Crippen molar-refractivity contribution in [3.05, 3.63) is 0 Å². The predicted octanol–water partition coefficient (Wildman–Crippen LogP) is -0.925. The van der Waals surface area contributed by atoms with Crippen LogP contribution in [0.1, 0.15) is 66.2 Å². The van der Waals surface area contributed by atoms with E-state index in [-0.39, 0.29) is 37.5 Å². The number of carboxylic acid groups (broad SMARTS) is 2. The number of nitrogens with two attached hydrogens (primary N) is 2. The molecule has 35 heavy (non-hydrogen) atoms. The zero-order valence-electron chi connectivity index (χ0n) is 20.7. The molecule has 13 nitrogen and oxygen atoms in total. The van der Waals surface area contributed by atoms with Crippen LogP contribution in [0.25, 0.3) is 0 Å². The van der Waals surface area contributed by atoms with E-state index >= 15 is 0 Å². The number of carboxylic acids is 2. The van der Waals surface area contributed by atoms with Crippen molar-refractivity contribution in [3.63, 3.8) is 0 Å². The molecule has 0 aliphatic rings. The van der Waals surface area contributed by atoms with Gasteiger partial charge in [-0.1, -0.05) is 34.1 Å². The lowest BCUT2D eigenvalue weighted by Gasteiger charge is -2.26. The van der Waals surface area contributed by atoms with Gasteiger partial charge in [0.05, 0.1) is 6.04 Å². The molecule has 9 N–H and O–H groups in total. The lowest BCUT2D eigenvalue weighted by molar-refractivity contribution is -0.143. The minimum atomic E-state index is -1.47. The molecule has 0 saturated carbocycles. The second-order valence-corrected chi connectivity index (χ2v) is 9.00. The van der Waals surface area contributed by atoms with E-state index in [4.69, 9.17) is 16.6 Å². The summed E-state index contributed by atoms with van der Waals surface area (Å²) >= 11 is 0. The van der Waals surface area contributed by atoms with Crippen LogP contribution in [-0.2, 0) is 28.8 Å². The normalized spacial score (nSPS) is 15.3. The first-order chi connectivity index (χ1) is 16.2. The number of aliphatic carboxylic acids is 2. The molecule has 0 aliphatic heterocycles. The van der Waals surface area contributed by atoms with Gasteiger partial charge in [0, 0.05) is 12.8 Å². The van der Waals surface area contributed by atoms with Gasteiger partial charge < -0.3 is 37.6 Å². The Balaban J connectivity index is 5.62. The number of rotatable bonds is 17. The quantitative estimate of drug-likeness (QED) is 0.130. The second kappa shape index (κ2) is 15.6. The molecule has 0 heterocycles. The maximum atomic E-state index is 13.0. The van der Waals surface area contributed by atoms with Gasteiger partial charge >= 0.3 is 11.9 Å². The molecule has 0 aromatic carbocycles. The van der Waals surface area contributed by atoms with Crippen molar-refractivity contribution in [2.45, 2.75) is 90.4 Å². The highest BCUT2D eigenvalue weighted by molar-refractivity contribution is 5.94. The van der Waals surface area contributed by atoms with Gasteiger partial charge in [-0.2, -0.15) is 0 Å². The fourth-order valence-electron chi connectivity index (χ4n) is 3.11. The van der Waals surface area contributed by atoms with Gasteiger partial charge in [-0.3, -0.25) is 24.0 Å². The molecule has 0 bridgehead atoms. The summed E-state index contributed by atoms with van der Waals surface area (Å²) in [6.07, 6.45) is -0.541. The number of nitrogens with one attached hydrogen (secondary N) is 3. The third kappa shape index (κ3) is 12.7. The molecule has 0 aromatic heterocycles. The van der Waals surface area contributed by atoms with Crippen LogP contribution in [0, 0.1) is 11.8 Å². The molecule has 4 amide bonds. The first-order valence-corrected chi connectivity index (χ1v) is 11.6. The standard InChI is InChI=1S/C22H39N5O8/c1-5-12(4)18(24)21(33)27-15(10-11(2)3)20(32)25-13(7-9-17(29)30)19(31)26-14(22(34)35)6-8-16(23)28/h11-15,18H,5-10,24H2,1-4H3,(H2,23,28)(H,25,32)(H,26,31)(H,27,33)(H,29,30)(H,34,35). The minimum absolute atomic E-state index is 0.0256. The van der Waals surface area contributed by atoms with Crippen LogP contribution in [0.5, 0.6) is 0 Å². The third-order valence-corrected chi connectivity index (χ3v) is 5.47. The average molecular weight is 502 g/mol. The zero-order chi connectivity index (χ0) is 27.3. The van der Waals surface area contributed by atoms with E-state index in [1.807, 2.05) is 20.8 Å². The molecule has 5 unspecified atom stereocenters. The summed E-state index contributed by atoms with van der Waals surface area (Å²) < 4.78 is 0. The summed E-state index contributed by atoms with van der Waals surface area (Å²) in [7, 11) is 0. The lowest BCUT2D eigenvalue weighted by atomic mass is 9.97. The van der Waals surface area contributed by atoms with Crippen molar-refractivity contribution in [1.29, 1.82) is 0 Å². The van der Waals surface area contributed by atoms with Crippen LogP contribution in [0.2, 0.25) is 0 Å². The van der Waals surface area contributed by atoms with Crippen molar-refractivity contribution in [2.24, 2.45) is 23.3 Å². The summed E-state index contributed by atoms with van der Waals surface area (Å²) in [5.41, 5.74) is 11.0. The van der Waals surface area contributed by atoms with Crippen molar-refractivity contribution in [2.75, 3.05) is 0 Å². The van der Waals surface area contributed by atoms with Crippen LogP contribution < -0.4 is 27.4 Å². The largest absolute Gasteiger partial charge is 0.481 e. The molecule has 0 aromatic rings. The van der Waals surface area contributed by atoms with Crippen molar-refractivity contribution >= 4 is 35.6 Å². The molecule has 0 radical (unpaired) electrons. The van der Waals surface area contributed by atoms with E-state index in [1.54, 1.807) is 6.92 Å². The van der Waals surface area contributed by atoms with Crippen LogP contribution in [0.3, 0.4) is 0 Å². The van der Waals surface area contributed by atoms with E-state index in [9.17, 15) is 33.9 Å². The first-order valence-electron chi connectivity index (χ1n) is 11.6. The average Bonchev–Trinajstić information content (AvgIpc) is 2.76. The lowest BCUT2D eigenvalue weighted by Crippen LogP contribution is -2.58. The van der Waals surface area contributed by atoms with E-state index < -0.39 is 66.2 Å². The number of primary amides is 1. The molecular formula is C22H39N5O8. The van der Waals surface area contributed by atoms with Gasteiger partial charge in [-0.05, 0) is 31.1 Å². The van der Waals surface area contributed by atoms with Gasteiger partial charge in [-0.15, -0.1) is 0 Å². The number of hydrogen-bond acceptors (Lipinski definition) is 7. The monoisotopic (exact) mass is 501 g/mol. The predicted molar refractivity (Wildman–Crippen MR) is 126 cm³/mol. The summed E-state index contributed by atoms with van der Waals surface area (Å²) in [6.45, 7) is 7.32. The fraction of sp³-hybridized carbons (Fsp3) is 0.727. The zero-order valence-corrected chi connectivity index (χ0v) is 20.7. The fourth-order valence-corrected chi connectivity index (χ4v) is 3.11. The van der Waals surface area contributed by atoms with Gasteiger partial charge in [0.15, 0.2) is 0 Å². The summed E-state index contributed by atoms with van der Waals surface area (Å²) in [4.78, 5) is 71.8. The SMILES string of the molecule is CCC(C)C(N)C(=O)NC(CC(C)C)C(=O)NC(CCC(=O)O)C(=O)NC(CCC(N)=O)C(=O)O. The highest BCUT2D eigenvalue weighted by Crippen LogP contribution is 2.10. The van der Waals surface area contributed by atoms with Crippen molar-refractivity contribution < 1.29 is 39.0 Å². The smallest absolute Gasteiger partial charge is 0.326 e. The highest BCUT2D eigenvalue weighted by Gasteiger charge is 2.31. The summed E-state index contributed by atoms with van der Waals surface area (Å²) in [6, 6.07) is -4.78. The van der Waals surface area contributed by atoms with Gasteiger partial charge in [0.1, 0.15) is 18.1 Å². The Kier molecular flexibility index (Phi) is 14.2. The van der Waals surface area contributed by atoms with Crippen LogP contribution in [0.15, 0.2) is 0 Å². The molecule has 0 aliphatic carbocycles. The second-order valence-electron chi connectivity index (χ2n) is 9.00. The Morgan fingerprint density at radius 1 is 0.771 bits per heavy atom. The maximum absolute atomic E-state index is 13.0. The van der Waals surface area contributed by atoms with E-state index in [0.717, 1.165) is 0 Å². The molecular weight excluding hydrogens is 462 g/mol.